The summed E-state index contributed by atoms with van der Waals surface area (Å²) in [7, 11) is -3.79. The molecule has 0 aliphatic rings. The molecule has 3 aromatic carbocycles. The Morgan fingerprint density at radius 1 is 1.00 bits per heavy atom. The van der Waals surface area contributed by atoms with Crippen molar-refractivity contribution in [2.24, 2.45) is 5.73 Å². The summed E-state index contributed by atoms with van der Waals surface area (Å²) >= 11 is 12.1. The van der Waals surface area contributed by atoms with Gasteiger partial charge in [-0.15, -0.1) is 0 Å². The van der Waals surface area contributed by atoms with Gasteiger partial charge in [0.05, 0.1) is 30.1 Å². The van der Waals surface area contributed by atoms with Gasteiger partial charge in [0, 0.05) is 16.0 Å². The molecule has 0 unspecified atom stereocenters. The number of anilines is 1. The molecule has 0 bridgehead atoms. The topological polar surface area (TPSA) is 137 Å². The standard InChI is InChI=1S/C25H21Cl2N3O5S/c1-36(33,34)30(22(31)12-28)13-14-3-2-4-15(9-14)16-5-7-19-21(10-16)35-25(23(19)29)24(32)18-8-6-17(26)11-20(18)27/h2-11H,12-13,28-29H2,1H3. The third-order valence-electron chi connectivity index (χ3n) is 5.55. The molecule has 0 aliphatic heterocycles. The van der Waals surface area contributed by atoms with Gasteiger partial charge in [0.2, 0.25) is 21.7 Å². The summed E-state index contributed by atoms with van der Waals surface area (Å²) in [4.78, 5) is 25.1. The summed E-state index contributed by atoms with van der Waals surface area (Å²) in [5, 5.41) is 1.13. The number of hydrogen-bond acceptors (Lipinski definition) is 7. The zero-order chi connectivity index (χ0) is 26.2. The lowest BCUT2D eigenvalue weighted by molar-refractivity contribution is -0.125. The number of rotatable bonds is 7. The van der Waals surface area contributed by atoms with E-state index in [0.717, 1.165) is 21.7 Å². The highest BCUT2D eigenvalue weighted by molar-refractivity contribution is 7.88. The molecule has 0 fully saturated rings. The molecule has 0 aliphatic carbocycles. The van der Waals surface area contributed by atoms with Crippen LogP contribution in [0.1, 0.15) is 21.7 Å². The predicted molar refractivity (Wildman–Crippen MR) is 140 cm³/mol. The molecule has 8 nitrogen and oxygen atoms in total. The van der Waals surface area contributed by atoms with Crippen LogP contribution in [0.4, 0.5) is 5.69 Å². The first-order chi connectivity index (χ1) is 17.0. The van der Waals surface area contributed by atoms with E-state index in [1.165, 1.54) is 12.1 Å². The van der Waals surface area contributed by atoms with E-state index in [1.54, 1.807) is 42.5 Å². The van der Waals surface area contributed by atoms with Crippen LogP contribution in [0, 0.1) is 0 Å². The summed E-state index contributed by atoms with van der Waals surface area (Å²) in [5.41, 5.74) is 14.4. The second-order valence-corrected chi connectivity index (χ2v) is 10.8. The van der Waals surface area contributed by atoms with Gasteiger partial charge in [-0.3, -0.25) is 9.59 Å². The minimum atomic E-state index is -3.79. The van der Waals surface area contributed by atoms with Gasteiger partial charge in [-0.2, -0.15) is 0 Å². The van der Waals surface area contributed by atoms with Crippen molar-refractivity contribution < 1.29 is 22.4 Å². The van der Waals surface area contributed by atoms with Gasteiger partial charge in [-0.1, -0.05) is 47.5 Å². The number of nitrogen functional groups attached to an aromatic ring is 1. The number of fused-ring (bicyclic) bond motifs is 1. The monoisotopic (exact) mass is 545 g/mol. The van der Waals surface area contributed by atoms with Crippen molar-refractivity contribution in [3.05, 3.63) is 87.6 Å². The summed E-state index contributed by atoms with van der Waals surface area (Å²) < 4.78 is 30.7. The molecule has 1 amide bonds. The largest absolute Gasteiger partial charge is 0.450 e. The Labute approximate surface area is 217 Å². The quantitative estimate of drug-likeness (QED) is 0.327. The number of benzene rings is 3. The zero-order valence-electron chi connectivity index (χ0n) is 19.0. The third kappa shape index (κ3) is 5.10. The Morgan fingerprint density at radius 2 is 1.72 bits per heavy atom. The summed E-state index contributed by atoms with van der Waals surface area (Å²) in [6.45, 7) is -0.579. The van der Waals surface area contributed by atoms with Gasteiger partial charge in [0.25, 0.3) is 0 Å². The zero-order valence-corrected chi connectivity index (χ0v) is 21.3. The van der Waals surface area contributed by atoms with Crippen LogP contribution in [0.2, 0.25) is 10.0 Å². The van der Waals surface area contributed by atoms with Crippen LogP contribution in [0.5, 0.6) is 0 Å². The highest BCUT2D eigenvalue weighted by atomic mass is 35.5. The molecule has 36 heavy (non-hydrogen) atoms. The van der Waals surface area contributed by atoms with Gasteiger partial charge in [-0.25, -0.2) is 12.7 Å². The van der Waals surface area contributed by atoms with Crippen molar-refractivity contribution in [1.29, 1.82) is 0 Å². The number of amides is 1. The van der Waals surface area contributed by atoms with Crippen LogP contribution in [0.3, 0.4) is 0 Å². The number of ketones is 1. The second-order valence-electron chi connectivity index (χ2n) is 8.08. The van der Waals surface area contributed by atoms with Crippen LogP contribution in [0.25, 0.3) is 22.1 Å². The first-order valence-corrected chi connectivity index (χ1v) is 13.2. The molecule has 4 aromatic rings. The molecule has 0 saturated carbocycles. The number of halogens is 2. The molecule has 1 aromatic heterocycles. The SMILES string of the molecule is CS(=O)(=O)N(Cc1cccc(-c2ccc3c(N)c(C(=O)c4ccc(Cl)cc4Cl)oc3c2)c1)C(=O)CN. The molecule has 4 rings (SSSR count). The van der Waals surface area contributed by atoms with Crippen molar-refractivity contribution >= 4 is 61.6 Å². The summed E-state index contributed by atoms with van der Waals surface area (Å²) in [6, 6.07) is 16.8. The minimum Gasteiger partial charge on any atom is -0.450 e. The molecule has 186 valence electrons. The molecule has 0 spiro atoms. The third-order valence-corrected chi connectivity index (χ3v) is 7.23. The summed E-state index contributed by atoms with van der Waals surface area (Å²) in [6.07, 6.45) is 0.954. The van der Waals surface area contributed by atoms with E-state index in [0.29, 0.717) is 21.6 Å². The maximum Gasteiger partial charge on any atom is 0.250 e. The van der Waals surface area contributed by atoms with Crippen molar-refractivity contribution in [2.75, 3.05) is 18.5 Å². The highest BCUT2D eigenvalue weighted by Crippen LogP contribution is 2.35. The molecular formula is C25H21Cl2N3O5S. The maximum absolute atomic E-state index is 13.0. The molecule has 1 heterocycles. The first-order valence-electron chi connectivity index (χ1n) is 10.6. The van der Waals surface area contributed by atoms with Crippen LogP contribution in [-0.2, 0) is 21.4 Å². The fraction of sp³-hybridized carbons (Fsp3) is 0.120. The number of nitrogens with zero attached hydrogens (tertiary/aromatic N) is 1. The van der Waals surface area contributed by atoms with Crippen molar-refractivity contribution in [1.82, 2.24) is 4.31 Å². The Bertz CT molecular complexity index is 1620. The van der Waals surface area contributed by atoms with Gasteiger partial charge in [0.1, 0.15) is 5.58 Å². The Hall–Kier alpha value is -3.37. The summed E-state index contributed by atoms with van der Waals surface area (Å²) in [5.74, 6) is -1.21. The van der Waals surface area contributed by atoms with E-state index in [-0.39, 0.29) is 28.6 Å². The van der Waals surface area contributed by atoms with Gasteiger partial charge < -0.3 is 15.9 Å². The lowest BCUT2D eigenvalue weighted by atomic mass is 10.0. The smallest absolute Gasteiger partial charge is 0.250 e. The highest BCUT2D eigenvalue weighted by Gasteiger charge is 2.24. The molecule has 0 radical (unpaired) electrons. The Morgan fingerprint density at radius 3 is 2.39 bits per heavy atom. The number of carbonyl (C=O) groups is 2. The van der Waals surface area contributed by atoms with Crippen LogP contribution < -0.4 is 11.5 Å². The number of furan rings is 1. The van der Waals surface area contributed by atoms with Gasteiger partial charge >= 0.3 is 0 Å². The number of sulfonamides is 1. The maximum atomic E-state index is 13.0. The predicted octanol–water partition coefficient (Wildman–Crippen LogP) is 4.47. The van der Waals surface area contributed by atoms with E-state index >= 15 is 0 Å². The van der Waals surface area contributed by atoms with E-state index in [2.05, 4.69) is 0 Å². The lowest BCUT2D eigenvalue weighted by Crippen LogP contribution is -2.39. The van der Waals surface area contributed by atoms with E-state index in [1.807, 2.05) is 6.07 Å². The van der Waals surface area contributed by atoms with Crippen molar-refractivity contribution in [2.45, 2.75) is 6.54 Å². The number of hydrogen-bond donors (Lipinski definition) is 2. The molecule has 0 saturated heterocycles. The van der Waals surface area contributed by atoms with Crippen LogP contribution in [0.15, 0.2) is 65.1 Å². The fourth-order valence-corrected chi connectivity index (χ4v) is 5.09. The number of nitrogens with two attached hydrogens (primary N) is 2. The average Bonchev–Trinajstić information content (AvgIpc) is 3.17. The molecule has 4 N–H and O–H groups in total. The van der Waals surface area contributed by atoms with Gasteiger partial charge in [0.15, 0.2) is 5.76 Å². The molecule has 0 atom stereocenters. The van der Waals surface area contributed by atoms with E-state index in [9.17, 15) is 18.0 Å². The van der Waals surface area contributed by atoms with Crippen molar-refractivity contribution in [3.63, 3.8) is 0 Å². The molecular weight excluding hydrogens is 525 g/mol. The van der Waals surface area contributed by atoms with Crippen molar-refractivity contribution in [3.8, 4) is 11.1 Å². The fourth-order valence-electron chi connectivity index (χ4n) is 3.77. The first kappa shape index (κ1) is 25.7. The second kappa shape index (κ2) is 9.94. The molecule has 11 heteroatoms. The normalized spacial score (nSPS) is 11.6. The van der Waals surface area contributed by atoms with Crippen LogP contribution in [-0.4, -0.2) is 37.2 Å². The van der Waals surface area contributed by atoms with E-state index < -0.39 is 28.3 Å². The van der Waals surface area contributed by atoms with Gasteiger partial charge in [-0.05, 0) is 53.1 Å². The Kier molecular flexibility index (Phi) is 7.10. The average molecular weight is 546 g/mol. The van der Waals surface area contributed by atoms with E-state index in [4.69, 9.17) is 39.1 Å². The van der Waals surface area contributed by atoms with Crippen LogP contribution >= 0.6 is 23.2 Å². The minimum absolute atomic E-state index is 0.0378. The number of carbonyl (C=O) groups excluding carboxylic acids is 2. The Balaban J connectivity index is 1.69. The lowest BCUT2D eigenvalue weighted by Gasteiger charge is -2.20.